The van der Waals surface area contributed by atoms with Crippen LogP contribution < -0.4 is 5.32 Å². The zero-order chi connectivity index (χ0) is 11.5. The Hall–Kier alpha value is -1.84. The van der Waals surface area contributed by atoms with E-state index < -0.39 is 0 Å². The number of hydrogen-bond donors (Lipinski definition) is 1. The average Bonchev–Trinajstić information content (AvgIpc) is 2.65. The molecule has 1 heterocycles. The maximum atomic E-state index is 13.0. The number of anilines is 1. The van der Waals surface area contributed by atoms with Gasteiger partial charge < -0.3 is 5.32 Å². The van der Waals surface area contributed by atoms with Crippen molar-refractivity contribution in [2.45, 2.75) is 19.9 Å². The quantitative estimate of drug-likeness (QED) is 0.860. The van der Waals surface area contributed by atoms with Gasteiger partial charge in [0.15, 0.2) is 0 Å². The van der Waals surface area contributed by atoms with Crippen LogP contribution in [0.3, 0.4) is 0 Å². The van der Waals surface area contributed by atoms with Crippen molar-refractivity contribution >= 4 is 5.69 Å². The van der Waals surface area contributed by atoms with Gasteiger partial charge in [0.05, 0.1) is 23.8 Å². The molecule has 0 fully saturated rings. The first kappa shape index (κ1) is 10.7. The molecular formula is C12H14FN3. The second kappa shape index (κ2) is 4.35. The lowest BCUT2D eigenvalue weighted by molar-refractivity contribution is 0.625. The van der Waals surface area contributed by atoms with Crippen LogP contribution in [0.25, 0.3) is 5.69 Å². The molecular weight excluding hydrogens is 205 g/mol. The minimum Gasteiger partial charge on any atom is -0.380 e. The largest absolute Gasteiger partial charge is 0.380 e. The highest BCUT2D eigenvalue weighted by molar-refractivity contribution is 5.42. The van der Waals surface area contributed by atoms with Crippen molar-refractivity contribution in [3.63, 3.8) is 0 Å². The molecule has 1 N–H and O–H groups in total. The first-order valence-electron chi connectivity index (χ1n) is 5.22. The van der Waals surface area contributed by atoms with Crippen LogP contribution in [0.5, 0.6) is 0 Å². The fraction of sp³-hybridized carbons (Fsp3) is 0.250. The summed E-state index contributed by atoms with van der Waals surface area (Å²) in [5.41, 5.74) is 1.65. The molecule has 1 aromatic heterocycles. The van der Waals surface area contributed by atoms with Gasteiger partial charge >= 0.3 is 0 Å². The molecule has 0 aliphatic rings. The van der Waals surface area contributed by atoms with Gasteiger partial charge in [0, 0.05) is 6.04 Å². The third-order valence-electron chi connectivity index (χ3n) is 2.11. The van der Waals surface area contributed by atoms with Crippen molar-refractivity contribution in [2.24, 2.45) is 0 Å². The third-order valence-corrected chi connectivity index (χ3v) is 2.11. The summed E-state index contributed by atoms with van der Waals surface area (Å²) in [7, 11) is 0. The predicted molar refractivity (Wildman–Crippen MR) is 62.3 cm³/mol. The van der Waals surface area contributed by atoms with E-state index in [0.717, 1.165) is 11.4 Å². The molecule has 0 spiro atoms. The van der Waals surface area contributed by atoms with Gasteiger partial charge in [-0.2, -0.15) is 5.10 Å². The van der Waals surface area contributed by atoms with E-state index >= 15 is 0 Å². The number of benzene rings is 1. The molecule has 0 saturated heterocycles. The normalized spacial score (nSPS) is 10.8. The van der Waals surface area contributed by atoms with Gasteiger partial charge in [-0.05, 0) is 32.0 Å². The Bertz CT molecular complexity index is 477. The van der Waals surface area contributed by atoms with Crippen molar-refractivity contribution in [1.29, 1.82) is 0 Å². The lowest BCUT2D eigenvalue weighted by atomic mass is 10.3. The SMILES string of the molecule is CC(C)Nc1cnn(-c2cccc(F)c2)c1. The number of halogens is 1. The number of rotatable bonds is 3. The molecule has 16 heavy (non-hydrogen) atoms. The van der Waals surface area contributed by atoms with Crippen LogP contribution in [-0.4, -0.2) is 15.8 Å². The molecule has 0 aliphatic heterocycles. The van der Waals surface area contributed by atoms with Gasteiger partial charge in [-0.25, -0.2) is 9.07 Å². The number of nitrogens with one attached hydrogen (secondary N) is 1. The smallest absolute Gasteiger partial charge is 0.125 e. The lowest BCUT2D eigenvalue weighted by Crippen LogP contribution is -2.08. The fourth-order valence-corrected chi connectivity index (χ4v) is 1.49. The summed E-state index contributed by atoms with van der Waals surface area (Å²) in [6.07, 6.45) is 3.57. The average molecular weight is 219 g/mol. The summed E-state index contributed by atoms with van der Waals surface area (Å²) in [6.45, 7) is 4.11. The van der Waals surface area contributed by atoms with Crippen LogP contribution in [-0.2, 0) is 0 Å². The van der Waals surface area contributed by atoms with Gasteiger partial charge in [0.1, 0.15) is 5.82 Å². The predicted octanol–water partition coefficient (Wildman–Crippen LogP) is 2.83. The van der Waals surface area contributed by atoms with E-state index in [9.17, 15) is 4.39 Å². The van der Waals surface area contributed by atoms with Crippen molar-refractivity contribution < 1.29 is 4.39 Å². The molecule has 0 radical (unpaired) electrons. The summed E-state index contributed by atoms with van der Waals surface area (Å²) in [4.78, 5) is 0. The summed E-state index contributed by atoms with van der Waals surface area (Å²) in [5.74, 6) is -0.258. The van der Waals surface area contributed by atoms with E-state index in [1.165, 1.54) is 12.1 Å². The maximum Gasteiger partial charge on any atom is 0.125 e. The number of aromatic nitrogens is 2. The highest BCUT2D eigenvalue weighted by atomic mass is 19.1. The van der Waals surface area contributed by atoms with Crippen molar-refractivity contribution in [3.05, 3.63) is 42.5 Å². The topological polar surface area (TPSA) is 29.9 Å². The Morgan fingerprint density at radius 2 is 2.19 bits per heavy atom. The molecule has 0 atom stereocenters. The molecule has 4 heteroatoms. The van der Waals surface area contributed by atoms with Crippen LogP contribution in [0.15, 0.2) is 36.7 Å². The Labute approximate surface area is 93.9 Å². The highest BCUT2D eigenvalue weighted by Crippen LogP contribution is 2.13. The molecule has 0 bridgehead atoms. The molecule has 84 valence electrons. The molecule has 0 aliphatic carbocycles. The molecule has 2 rings (SSSR count). The van der Waals surface area contributed by atoms with E-state index in [4.69, 9.17) is 0 Å². The third kappa shape index (κ3) is 2.39. The monoisotopic (exact) mass is 219 g/mol. The van der Waals surface area contributed by atoms with Crippen LogP contribution in [0, 0.1) is 5.82 Å². The Morgan fingerprint density at radius 3 is 2.88 bits per heavy atom. The number of nitrogens with zero attached hydrogens (tertiary/aromatic N) is 2. The van der Waals surface area contributed by atoms with Gasteiger partial charge in [-0.15, -0.1) is 0 Å². The van der Waals surface area contributed by atoms with Gasteiger partial charge in [-0.3, -0.25) is 0 Å². The van der Waals surface area contributed by atoms with Crippen molar-refractivity contribution in [1.82, 2.24) is 9.78 Å². The van der Waals surface area contributed by atoms with Gasteiger partial charge in [0.2, 0.25) is 0 Å². The first-order chi connectivity index (χ1) is 7.65. The van der Waals surface area contributed by atoms with Crippen molar-refractivity contribution in [3.8, 4) is 5.69 Å². The molecule has 0 unspecified atom stereocenters. The fourth-order valence-electron chi connectivity index (χ4n) is 1.49. The van der Waals surface area contributed by atoms with E-state index in [-0.39, 0.29) is 5.82 Å². The maximum absolute atomic E-state index is 13.0. The lowest BCUT2D eigenvalue weighted by Gasteiger charge is -2.05. The Balaban J connectivity index is 2.24. The first-order valence-corrected chi connectivity index (χ1v) is 5.22. The van der Waals surface area contributed by atoms with E-state index in [1.54, 1.807) is 16.9 Å². The van der Waals surface area contributed by atoms with E-state index in [2.05, 4.69) is 24.3 Å². The zero-order valence-electron chi connectivity index (χ0n) is 9.31. The molecule has 2 aromatic rings. The van der Waals surface area contributed by atoms with Crippen LogP contribution in [0.1, 0.15) is 13.8 Å². The van der Waals surface area contributed by atoms with Crippen molar-refractivity contribution in [2.75, 3.05) is 5.32 Å². The van der Waals surface area contributed by atoms with Crippen LogP contribution in [0.2, 0.25) is 0 Å². The summed E-state index contributed by atoms with van der Waals surface area (Å²) >= 11 is 0. The molecule has 3 nitrogen and oxygen atoms in total. The van der Waals surface area contributed by atoms with E-state index in [0.29, 0.717) is 6.04 Å². The number of hydrogen-bond acceptors (Lipinski definition) is 2. The Morgan fingerprint density at radius 1 is 1.38 bits per heavy atom. The highest BCUT2D eigenvalue weighted by Gasteiger charge is 2.02. The van der Waals surface area contributed by atoms with E-state index in [1.807, 2.05) is 12.3 Å². The van der Waals surface area contributed by atoms with Crippen LogP contribution in [0.4, 0.5) is 10.1 Å². The second-order valence-corrected chi connectivity index (χ2v) is 3.95. The molecule has 1 aromatic carbocycles. The summed E-state index contributed by atoms with van der Waals surface area (Å²) in [6, 6.07) is 6.70. The molecule has 0 amide bonds. The van der Waals surface area contributed by atoms with Gasteiger partial charge in [0.25, 0.3) is 0 Å². The summed E-state index contributed by atoms with van der Waals surface area (Å²) < 4.78 is 14.7. The minimum absolute atomic E-state index is 0.258. The van der Waals surface area contributed by atoms with Gasteiger partial charge in [-0.1, -0.05) is 6.07 Å². The standard InChI is InChI=1S/C12H14FN3/c1-9(2)15-11-7-14-16(8-11)12-5-3-4-10(13)6-12/h3-9,15H,1-2H3. The Kier molecular flexibility index (Phi) is 2.90. The second-order valence-electron chi connectivity index (χ2n) is 3.95. The summed E-state index contributed by atoms with van der Waals surface area (Å²) in [5, 5.41) is 7.40. The minimum atomic E-state index is -0.258. The molecule has 0 saturated carbocycles. The zero-order valence-corrected chi connectivity index (χ0v) is 9.31. The van der Waals surface area contributed by atoms with Crippen LogP contribution >= 0.6 is 0 Å².